The summed E-state index contributed by atoms with van der Waals surface area (Å²) in [6.07, 6.45) is 3.47. The van der Waals surface area contributed by atoms with Gasteiger partial charge in [-0.25, -0.2) is 0 Å². The second kappa shape index (κ2) is 6.13. The Morgan fingerprint density at radius 2 is 2.25 bits per heavy atom. The van der Waals surface area contributed by atoms with Crippen molar-refractivity contribution in [3.8, 4) is 0 Å². The smallest absolute Gasteiger partial charge is 0.253 e. The molecule has 2 aliphatic rings. The van der Waals surface area contributed by atoms with Gasteiger partial charge in [-0.2, -0.15) is 0 Å². The molecule has 1 amide bonds. The van der Waals surface area contributed by atoms with Gasteiger partial charge in [-0.15, -0.1) is 0 Å². The zero-order chi connectivity index (χ0) is 13.8. The maximum atomic E-state index is 12.3. The molecule has 108 valence electrons. The molecule has 0 spiro atoms. The molecule has 1 atom stereocenters. The van der Waals surface area contributed by atoms with Gasteiger partial charge in [0.05, 0.1) is 23.0 Å². The molecule has 0 aliphatic carbocycles. The summed E-state index contributed by atoms with van der Waals surface area (Å²) in [5, 5.41) is 9.58. The van der Waals surface area contributed by atoms with Crippen molar-refractivity contribution in [2.45, 2.75) is 25.4 Å². The van der Waals surface area contributed by atoms with Crippen LogP contribution in [0.3, 0.4) is 0 Å². The first-order valence-corrected chi connectivity index (χ1v) is 7.35. The second-order valence-corrected chi connectivity index (χ2v) is 5.26. The lowest BCUT2D eigenvalue weighted by molar-refractivity contribution is 0.0908. The maximum absolute atomic E-state index is 12.3. The van der Waals surface area contributed by atoms with Crippen LogP contribution in [0.2, 0.25) is 0 Å². The summed E-state index contributed by atoms with van der Waals surface area (Å²) in [6, 6.07) is 5.76. The molecule has 1 unspecified atom stereocenters. The van der Waals surface area contributed by atoms with Gasteiger partial charge in [-0.05, 0) is 31.4 Å². The van der Waals surface area contributed by atoms with Crippen LogP contribution in [0, 0.1) is 0 Å². The van der Waals surface area contributed by atoms with Crippen LogP contribution in [0.25, 0.3) is 0 Å². The number of benzene rings is 1. The van der Waals surface area contributed by atoms with E-state index >= 15 is 0 Å². The minimum atomic E-state index is -0.0175. The third-order valence-corrected chi connectivity index (χ3v) is 3.83. The van der Waals surface area contributed by atoms with Crippen LogP contribution in [0.4, 0.5) is 11.4 Å². The molecule has 1 aromatic carbocycles. The van der Waals surface area contributed by atoms with Crippen LogP contribution in [0.1, 0.15) is 29.6 Å². The summed E-state index contributed by atoms with van der Waals surface area (Å²) in [5.74, 6) is -0.0175. The number of carbonyl (C=O) groups excluding carboxylic acids is 1. The lowest BCUT2D eigenvalue weighted by atomic mass is 10.1. The molecule has 20 heavy (non-hydrogen) atoms. The number of hydrogen-bond donors (Lipinski definition) is 3. The summed E-state index contributed by atoms with van der Waals surface area (Å²) < 4.78 is 5.56. The highest BCUT2D eigenvalue weighted by molar-refractivity contribution is 6.02. The molecule has 1 aromatic rings. The number of amides is 1. The Balaban J connectivity index is 1.59. The first kappa shape index (κ1) is 13.2. The van der Waals surface area contributed by atoms with E-state index in [2.05, 4.69) is 16.0 Å². The van der Waals surface area contributed by atoms with Crippen LogP contribution in [0.15, 0.2) is 18.2 Å². The van der Waals surface area contributed by atoms with Crippen molar-refractivity contribution in [3.63, 3.8) is 0 Å². The van der Waals surface area contributed by atoms with E-state index in [9.17, 15) is 4.79 Å². The Bertz CT molecular complexity index is 484. The van der Waals surface area contributed by atoms with E-state index in [4.69, 9.17) is 4.74 Å². The number of nitrogens with one attached hydrogen (secondary N) is 3. The molecule has 0 bridgehead atoms. The number of hydrogen-bond acceptors (Lipinski definition) is 4. The van der Waals surface area contributed by atoms with Gasteiger partial charge < -0.3 is 20.7 Å². The molecule has 3 N–H and O–H groups in total. The van der Waals surface area contributed by atoms with Gasteiger partial charge in [0.1, 0.15) is 0 Å². The maximum Gasteiger partial charge on any atom is 0.253 e. The topological polar surface area (TPSA) is 62.4 Å². The molecule has 3 rings (SSSR count). The Hall–Kier alpha value is -1.75. The number of rotatable bonds is 4. The van der Waals surface area contributed by atoms with E-state index in [0.29, 0.717) is 18.2 Å². The average Bonchev–Trinajstić information content (AvgIpc) is 3.00. The van der Waals surface area contributed by atoms with E-state index < -0.39 is 0 Å². The van der Waals surface area contributed by atoms with Crippen molar-refractivity contribution >= 4 is 17.3 Å². The van der Waals surface area contributed by atoms with E-state index in [1.54, 1.807) is 0 Å². The number of para-hydroxylation sites is 1. The zero-order valence-corrected chi connectivity index (χ0v) is 11.6. The van der Waals surface area contributed by atoms with Crippen LogP contribution in [0.5, 0.6) is 0 Å². The van der Waals surface area contributed by atoms with Crippen molar-refractivity contribution < 1.29 is 9.53 Å². The van der Waals surface area contributed by atoms with Crippen molar-refractivity contribution in [2.75, 3.05) is 36.9 Å². The predicted octanol–water partition coefficient (Wildman–Crippen LogP) is 1.82. The van der Waals surface area contributed by atoms with E-state index in [1.807, 2.05) is 18.2 Å². The summed E-state index contributed by atoms with van der Waals surface area (Å²) >= 11 is 0. The monoisotopic (exact) mass is 275 g/mol. The normalized spacial score (nSPS) is 20.7. The summed E-state index contributed by atoms with van der Waals surface area (Å²) in [6.45, 7) is 3.26. The molecule has 5 heteroatoms. The Labute approximate surface area is 119 Å². The van der Waals surface area contributed by atoms with Gasteiger partial charge in [0.2, 0.25) is 0 Å². The molecule has 2 aliphatic heterocycles. The molecule has 5 nitrogen and oxygen atoms in total. The van der Waals surface area contributed by atoms with Crippen LogP contribution in [-0.4, -0.2) is 38.3 Å². The van der Waals surface area contributed by atoms with Crippen molar-refractivity contribution in [2.24, 2.45) is 0 Å². The average molecular weight is 275 g/mol. The Morgan fingerprint density at radius 3 is 3.10 bits per heavy atom. The fraction of sp³-hybridized carbons (Fsp3) is 0.533. The van der Waals surface area contributed by atoms with Crippen LogP contribution in [-0.2, 0) is 4.74 Å². The standard InChI is InChI=1S/C15H21N3O2/c19-15(18-7-6-11-3-2-10-20-11)12-4-1-5-13-14(12)17-9-8-16-13/h1,4-5,11,16-17H,2-3,6-10H2,(H,18,19). The van der Waals surface area contributed by atoms with Crippen LogP contribution < -0.4 is 16.0 Å². The highest BCUT2D eigenvalue weighted by Crippen LogP contribution is 2.28. The molecule has 1 saturated heterocycles. The fourth-order valence-corrected chi connectivity index (χ4v) is 2.78. The lowest BCUT2D eigenvalue weighted by Crippen LogP contribution is -2.29. The van der Waals surface area contributed by atoms with Crippen LogP contribution >= 0.6 is 0 Å². The van der Waals surface area contributed by atoms with Gasteiger partial charge in [0.15, 0.2) is 0 Å². The molecular weight excluding hydrogens is 254 g/mol. The Morgan fingerprint density at radius 1 is 1.35 bits per heavy atom. The summed E-state index contributed by atoms with van der Waals surface area (Å²) in [7, 11) is 0. The largest absolute Gasteiger partial charge is 0.382 e. The molecule has 0 aromatic heterocycles. The fourth-order valence-electron chi connectivity index (χ4n) is 2.78. The molecule has 0 radical (unpaired) electrons. The lowest BCUT2D eigenvalue weighted by Gasteiger charge is -2.22. The van der Waals surface area contributed by atoms with Crippen molar-refractivity contribution in [3.05, 3.63) is 23.8 Å². The van der Waals surface area contributed by atoms with E-state index in [-0.39, 0.29) is 5.91 Å². The van der Waals surface area contributed by atoms with Gasteiger partial charge in [0, 0.05) is 26.2 Å². The number of anilines is 2. The molecule has 0 saturated carbocycles. The number of ether oxygens (including phenoxy) is 1. The molecule has 2 heterocycles. The van der Waals surface area contributed by atoms with Gasteiger partial charge in [-0.1, -0.05) is 6.07 Å². The Kier molecular flexibility index (Phi) is 4.06. The SMILES string of the molecule is O=C(NCCC1CCCO1)c1cccc2c1NCCN2. The van der Waals surface area contributed by atoms with Crippen molar-refractivity contribution in [1.29, 1.82) is 0 Å². The molecule has 1 fully saturated rings. The first-order chi connectivity index (χ1) is 9.84. The number of carbonyl (C=O) groups is 1. The summed E-state index contributed by atoms with van der Waals surface area (Å²) in [4.78, 5) is 12.3. The summed E-state index contributed by atoms with van der Waals surface area (Å²) in [5.41, 5.74) is 2.62. The zero-order valence-electron chi connectivity index (χ0n) is 11.6. The third kappa shape index (κ3) is 2.88. The van der Waals surface area contributed by atoms with E-state index in [0.717, 1.165) is 50.3 Å². The minimum absolute atomic E-state index is 0.0175. The van der Waals surface area contributed by atoms with Gasteiger partial charge in [-0.3, -0.25) is 4.79 Å². The highest BCUT2D eigenvalue weighted by atomic mass is 16.5. The third-order valence-electron chi connectivity index (χ3n) is 3.83. The minimum Gasteiger partial charge on any atom is -0.382 e. The second-order valence-electron chi connectivity index (χ2n) is 5.26. The van der Waals surface area contributed by atoms with Gasteiger partial charge >= 0.3 is 0 Å². The molecular formula is C15H21N3O2. The number of fused-ring (bicyclic) bond motifs is 1. The van der Waals surface area contributed by atoms with Gasteiger partial charge in [0.25, 0.3) is 5.91 Å². The quantitative estimate of drug-likeness (QED) is 0.784. The van der Waals surface area contributed by atoms with E-state index in [1.165, 1.54) is 0 Å². The highest BCUT2D eigenvalue weighted by Gasteiger charge is 2.18. The van der Waals surface area contributed by atoms with Crippen molar-refractivity contribution in [1.82, 2.24) is 5.32 Å². The first-order valence-electron chi connectivity index (χ1n) is 7.35. The predicted molar refractivity (Wildman–Crippen MR) is 79.3 cm³/mol.